The van der Waals surface area contributed by atoms with Crippen LogP contribution in [0.4, 0.5) is 15.9 Å². The highest BCUT2D eigenvalue weighted by Gasteiger charge is 2.19. The zero-order valence-corrected chi connectivity index (χ0v) is 9.96. The number of aromatic nitrogens is 2. The molecule has 0 saturated heterocycles. The molecule has 2 rings (SSSR count). The number of anilines is 1. The average Bonchev–Trinajstić information content (AvgIpc) is 2.35. The lowest BCUT2D eigenvalue weighted by atomic mass is 10.3. The number of nitrogens with two attached hydrogens (primary N) is 1. The SMILES string of the molecule is Nc1ncnc(Oc2cc(F)ccc2[N+](=O)[O-])c1Cl. The maximum absolute atomic E-state index is 13.1. The van der Waals surface area contributed by atoms with Crippen LogP contribution in [0.2, 0.25) is 5.02 Å². The zero-order chi connectivity index (χ0) is 14.0. The molecule has 0 saturated carbocycles. The summed E-state index contributed by atoms with van der Waals surface area (Å²) in [5.41, 5.74) is 5.01. The Morgan fingerprint density at radius 3 is 2.84 bits per heavy atom. The summed E-state index contributed by atoms with van der Waals surface area (Å²) < 4.78 is 18.2. The van der Waals surface area contributed by atoms with Gasteiger partial charge < -0.3 is 10.5 Å². The first-order chi connectivity index (χ1) is 8.99. The highest BCUT2D eigenvalue weighted by atomic mass is 35.5. The molecule has 19 heavy (non-hydrogen) atoms. The van der Waals surface area contributed by atoms with Crippen molar-refractivity contribution in [3.05, 3.63) is 45.5 Å². The Hall–Kier alpha value is -2.48. The van der Waals surface area contributed by atoms with E-state index >= 15 is 0 Å². The van der Waals surface area contributed by atoms with Gasteiger partial charge in [0.1, 0.15) is 23.0 Å². The molecular weight excluding hydrogens is 279 g/mol. The molecule has 0 aliphatic rings. The van der Waals surface area contributed by atoms with Crippen LogP contribution in [0.5, 0.6) is 11.6 Å². The first-order valence-electron chi connectivity index (χ1n) is 4.87. The number of halogens is 2. The third kappa shape index (κ3) is 2.68. The number of nitro groups is 1. The minimum absolute atomic E-state index is 0.0503. The van der Waals surface area contributed by atoms with Gasteiger partial charge >= 0.3 is 5.69 Å². The van der Waals surface area contributed by atoms with Crippen molar-refractivity contribution in [2.75, 3.05) is 5.73 Å². The van der Waals surface area contributed by atoms with Crippen molar-refractivity contribution in [1.29, 1.82) is 0 Å². The molecule has 7 nitrogen and oxygen atoms in total. The van der Waals surface area contributed by atoms with Gasteiger partial charge in [0.25, 0.3) is 0 Å². The smallest absolute Gasteiger partial charge is 0.311 e. The summed E-state index contributed by atoms with van der Waals surface area (Å²) in [5, 5.41) is 10.7. The Labute approximate surface area is 111 Å². The van der Waals surface area contributed by atoms with E-state index in [1.54, 1.807) is 0 Å². The van der Waals surface area contributed by atoms with Crippen LogP contribution >= 0.6 is 11.6 Å². The fourth-order valence-corrected chi connectivity index (χ4v) is 1.40. The second-order valence-electron chi connectivity index (χ2n) is 3.35. The number of hydrogen-bond acceptors (Lipinski definition) is 6. The van der Waals surface area contributed by atoms with Gasteiger partial charge in [0, 0.05) is 12.1 Å². The van der Waals surface area contributed by atoms with E-state index < -0.39 is 16.4 Å². The zero-order valence-electron chi connectivity index (χ0n) is 9.21. The first kappa shape index (κ1) is 13.0. The summed E-state index contributed by atoms with van der Waals surface area (Å²) in [5.74, 6) is -1.27. The van der Waals surface area contributed by atoms with Crippen LogP contribution in [0.25, 0.3) is 0 Å². The van der Waals surface area contributed by atoms with Crippen molar-refractivity contribution in [3.63, 3.8) is 0 Å². The Balaban J connectivity index is 2.45. The molecule has 0 unspecified atom stereocenters. The summed E-state index contributed by atoms with van der Waals surface area (Å²) in [6.45, 7) is 0. The van der Waals surface area contributed by atoms with Crippen LogP contribution < -0.4 is 10.5 Å². The van der Waals surface area contributed by atoms with Crippen LogP contribution in [-0.2, 0) is 0 Å². The van der Waals surface area contributed by atoms with Crippen LogP contribution in [0, 0.1) is 15.9 Å². The van der Waals surface area contributed by atoms with E-state index in [-0.39, 0.29) is 22.5 Å². The summed E-state index contributed by atoms with van der Waals surface area (Å²) in [4.78, 5) is 17.3. The lowest BCUT2D eigenvalue weighted by Crippen LogP contribution is -1.99. The van der Waals surface area contributed by atoms with Crippen LogP contribution in [0.1, 0.15) is 0 Å². The molecule has 1 heterocycles. The Kier molecular flexibility index (Phi) is 3.43. The van der Waals surface area contributed by atoms with Gasteiger partial charge in [-0.1, -0.05) is 11.6 Å². The van der Waals surface area contributed by atoms with Crippen LogP contribution in [-0.4, -0.2) is 14.9 Å². The molecule has 2 aromatic rings. The molecule has 2 N–H and O–H groups in total. The Bertz CT molecular complexity index is 653. The molecule has 0 bridgehead atoms. The van der Waals surface area contributed by atoms with Gasteiger partial charge in [0.2, 0.25) is 11.6 Å². The monoisotopic (exact) mass is 284 g/mol. The fraction of sp³-hybridized carbons (Fsp3) is 0. The molecule has 1 aromatic heterocycles. The van der Waals surface area contributed by atoms with Gasteiger partial charge in [0.05, 0.1) is 4.92 Å². The first-order valence-corrected chi connectivity index (χ1v) is 5.24. The molecule has 98 valence electrons. The normalized spacial score (nSPS) is 10.2. The van der Waals surface area contributed by atoms with Crippen molar-refractivity contribution >= 4 is 23.1 Å². The van der Waals surface area contributed by atoms with E-state index in [0.29, 0.717) is 0 Å². The van der Waals surface area contributed by atoms with Crippen molar-refractivity contribution in [1.82, 2.24) is 9.97 Å². The van der Waals surface area contributed by atoms with E-state index in [2.05, 4.69) is 9.97 Å². The minimum Gasteiger partial charge on any atom is -0.430 e. The minimum atomic E-state index is -0.715. The number of hydrogen-bond donors (Lipinski definition) is 1. The highest BCUT2D eigenvalue weighted by molar-refractivity contribution is 6.34. The van der Waals surface area contributed by atoms with E-state index in [9.17, 15) is 14.5 Å². The highest BCUT2D eigenvalue weighted by Crippen LogP contribution is 2.35. The third-order valence-electron chi connectivity index (χ3n) is 2.11. The number of ether oxygens (including phenoxy) is 1. The molecule has 9 heteroatoms. The van der Waals surface area contributed by atoms with Gasteiger partial charge in [-0.3, -0.25) is 10.1 Å². The molecule has 1 aromatic carbocycles. The van der Waals surface area contributed by atoms with Crippen molar-refractivity contribution in [2.24, 2.45) is 0 Å². The summed E-state index contributed by atoms with van der Waals surface area (Å²) in [6, 6.07) is 2.77. The second-order valence-corrected chi connectivity index (χ2v) is 3.73. The van der Waals surface area contributed by atoms with Gasteiger partial charge in [-0.15, -0.1) is 0 Å². The molecular formula is C10H6ClFN4O3. The standard InChI is InChI=1S/C10H6ClFN4O3/c11-8-9(13)14-4-15-10(8)19-7-3-5(12)1-2-6(7)16(17)18/h1-4H,(H2,13,14,15). The number of nitrogens with zero attached hydrogens (tertiary/aromatic N) is 3. The molecule has 0 fully saturated rings. The van der Waals surface area contributed by atoms with Gasteiger partial charge in [0.15, 0.2) is 0 Å². The molecule has 0 amide bonds. The van der Waals surface area contributed by atoms with E-state index in [4.69, 9.17) is 22.1 Å². The number of nitrogen functional groups attached to an aromatic ring is 1. The molecule has 0 aliphatic carbocycles. The molecule has 0 atom stereocenters. The van der Waals surface area contributed by atoms with Crippen molar-refractivity contribution < 1.29 is 14.1 Å². The predicted octanol–water partition coefficient (Wildman–Crippen LogP) is 2.55. The second kappa shape index (κ2) is 5.02. The van der Waals surface area contributed by atoms with Crippen LogP contribution in [0.3, 0.4) is 0 Å². The third-order valence-corrected chi connectivity index (χ3v) is 2.46. The van der Waals surface area contributed by atoms with Gasteiger partial charge in [-0.25, -0.2) is 9.37 Å². The van der Waals surface area contributed by atoms with E-state index in [1.165, 1.54) is 0 Å². The lowest BCUT2D eigenvalue weighted by molar-refractivity contribution is -0.385. The fourth-order valence-electron chi connectivity index (χ4n) is 1.26. The summed E-state index contributed by atoms with van der Waals surface area (Å²) in [7, 11) is 0. The van der Waals surface area contributed by atoms with Crippen LogP contribution in [0.15, 0.2) is 24.5 Å². The molecule has 0 aliphatic heterocycles. The quantitative estimate of drug-likeness (QED) is 0.686. The molecule has 0 spiro atoms. The predicted molar refractivity (Wildman–Crippen MR) is 64.6 cm³/mol. The van der Waals surface area contributed by atoms with Crippen molar-refractivity contribution in [3.8, 4) is 11.6 Å². The van der Waals surface area contributed by atoms with Crippen molar-refractivity contribution in [2.45, 2.75) is 0 Å². The topological polar surface area (TPSA) is 104 Å². The summed E-state index contributed by atoms with van der Waals surface area (Å²) >= 11 is 5.78. The van der Waals surface area contributed by atoms with E-state index in [0.717, 1.165) is 24.5 Å². The Morgan fingerprint density at radius 1 is 1.42 bits per heavy atom. The van der Waals surface area contributed by atoms with Gasteiger partial charge in [-0.05, 0) is 6.07 Å². The van der Waals surface area contributed by atoms with E-state index in [1.807, 2.05) is 0 Å². The number of rotatable bonds is 3. The maximum Gasteiger partial charge on any atom is 0.311 e. The van der Waals surface area contributed by atoms with Gasteiger partial charge in [-0.2, -0.15) is 4.98 Å². The number of benzene rings is 1. The summed E-state index contributed by atoms with van der Waals surface area (Å²) in [6.07, 6.45) is 1.07. The number of nitro benzene ring substituents is 1. The average molecular weight is 285 g/mol. The lowest BCUT2D eigenvalue weighted by Gasteiger charge is -2.07. The maximum atomic E-state index is 13.1. The molecule has 0 radical (unpaired) electrons. The Morgan fingerprint density at radius 2 is 2.16 bits per heavy atom. The largest absolute Gasteiger partial charge is 0.430 e.